The van der Waals surface area contributed by atoms with Crippen LogP contribution in [-0.2, 0) is 0 Å². The zero-order valence-electron chi connectivity index (χ0n) is 15.6. The SMILES string of the molecule is CNc1nc2ccccc2nc1-c1ccc(-c2ccc3ccccc3c2)cc1. The summed E-state index contributed by atoms with van der Waals surface area (Å²) in [7, 11) is 1.88. The molecule has 0 amide bonds. The monoisotopic (exact) mass is 361 g/mol. The maximum absolute atomic E-state index is 4.83. The molecule has 0 bridgehead atoms. The van der Waals surface area contributed by atoms with E-state index in [1.165, 1.54) is 21.9 Å². The summed E-state index contributed by atoms with van der Waals surface area (Å²) in [5, 5.41) is 5.69. The highest BCUT2D eigenvalue weighted by molar-refractivity contribution is 5.88. The Morgan fingerprint density at radius 1 is 0.571 bits per heavy atom. The number of hydrogen-bond donors (Lipinski definition) is 1. The normalized spacial score (nSPS) is 11.0. The highest BCUT2D eigenvalue weighted by Gasteiger charge is 2.10. The van der Waals surface area contributed by atoms with Gasteiger partial charge in [0.1, 0.15) is 5.69 Å². The van der Waals surface area contributed by atoms with Crippen molar-refractivity contribution >= 4 is 27.6 Å². The van der Waals surface area contributed by atoms with Gasteiger partial charge in [-0.1, -0.05) is 72.8 Å². The molecule has 1 heterocycles. The first-order valence-electron chi connectivity index (χ1n) is 9.36. The summed E-state index contributed by atoms with van der Waals surface area (Å²) >= 11 is 0. The number of anilines is 1. The lowest BCUT2D eigenvalue weighted by atomic mass is 9.99. The van der Waals surface area contributed by atoms with E-state index in [0.717, 1.165) is 28.1 Å². The number of nitrogens with one attached hydrogen (secondary N) is 1. The van der Waals surface area contributed by atoms with Crippen molar-refractivity contribution in [2.75, 3.05) is 12.4 Å². The first-order valence-corrected chi connectivity index (χ1v) is 9.36. The Morgan fingerprint density at radius 2 is 1.18 bits per heavy atom. The lowest BCUT2D eigenvalue weighted by Gasteiger charge is -2.10. The van der Waals surface area contributed by atoms with Gasteiger partial charge in [0.2, 0.25) is 0 Å². The van der Waals surface area contributed by atoms with Crippen LogP contribution in [0.3, 0.4) is 0 Å². The Balaban J connectivity index is 1.56. The topological polar surface area (TPSA) is 37.8 Å². The van der Waals surface area contributed by atoms with Crippen LogP contribution in [-0.4, -0.2) is 17.0 Å². The molecule has 0 spiro atoms. The predicted octanol–water partition coefficient (Wildman–Crippen LogP) is 6.16. The number of para-hydroxylation sites is 2. The van der Waals surface area contributed by atoms with Gasteiger partial charge in [0.15, 0.2) is 5.82 Å². The Hall–Kier alpha value is -3.72. The molecule has 4 aromatic carbocycles. The van der Waals surface area contributed by atoms with Gasteiger partial charge in [-0.05, 0) is 40.1 Å². The number of aromatic nitrogens is 2. The molecule has 0 aliphatic heterocycles. The molecule has 0 radical (unpaired) electrons. The van der Waals surface area contributed by atoms with Crippen molar-refractivity contribution in [2.45, 2.75) is 0 Å². The number of fused-ring (bicyclic) bond motifs is 2. The van der Waals surface area contributed by atoms with E-state index in [2.05, 4.69) is 72.0 Å². The van der Waals surface area contributed by atoms with Crippen LogP contribution in [0.25, 0.3) is 44.2 Å². The highest BCUT2D eigenvalue weighted by Crippen LogP contribution is 2.30. The summed E-state index contributed by atoms with van der Waals surface area (Å²) in [5.41, 5.74) is 6.11. The van der Waals surface area contributed by atoms with Crippen molar-refractivity contribution in [2.24, 2.45) is 0 Å². The van der Waals surface area contributed by atoms with Crippen LogP contribution in [0.1, 0.15) is 0 Å². The molecule has 1 N–H and O–H groups in total. The molecule has 0 fully saturated rings. The minimum Gasteiger partial charge on any atom is -0.371 e. The summed E-state index contributed by atoms with van der Waals surface area (Å²) in [6, 6.07) is 31.5. The van der Waals surface area contributed by atoms with E-state index in [4.69, 9.17) is 9.97 Å². The second-order valence-electron chi connectivity index (χ2n) is 6.80. The zero-order valence-corrected chi connectivity index (χ0v) is 15.6. The van der Waals surface area contributed by atoms with Gasteiger partial charge < -0.3 is 5.32 Å². The van der Waals surface area contributed by atoms with Crippen LogP contribution >= 0.6 is 0 Å². The molecule has 0 aliphatic rings. The molecule has 0 saturated carbocycles. The lowest BCUT2D eigenvalue weighted by Crippen LogP contribution is -1.99. The second kappa shape index (κ2) is 6.78. The molecule has 0 unspecified atom stereocenters. The Bertz CT molecular complexity index is 1290. The molecular formula is C25H19N3. The molecule has 5 rings (SSSR count). The number of nitrogens with zero attached hydrogens (tertiary/aromatic N) is 2. The van der Waals surface area contributed by atoms with Crippen LogP contribution in [0, 0.1) is 0 Å². The lowest BCUT2D eigenvalue weighted by molar-refractivity contribution is 1.26. The van der Waals surface area contributed by atoms with Crippen molar-refractivity contribution in [3.8, 4) is 22.4 Å². The van der Waals surface area contributed by atoms with E-state index in [1.54, 1.807) is 0 Å². The van der Waals surface area contributed by atoms with Gasteiger partial charge in [-0.3, -0.25) is 0 Å². The average molecular weight is 361 g/mol. The highest BCUT2D eigenvalue weighted by atomic mass is 15.0. The molecule has 134 valence electrons. The Morgan fingerprint density at radius 3 is 1.93 bits per heavy atom. The summed E-state index contributed by atoms with van der Waals surface area (Å²) in [4.78, 5) is 9.55. The first kappa shape index (κ1) is 16.5. The average Bonchev–Trinajstić information content (AvgIpc) is 2.78. The molecule has 0 atom stereocenters. The van der Waals surface area contributed by atoms with Crippen molar-refractivity contribution in [3.63, 3.8) is 0 Å². The minimum atomic E-state index is 0.789. The van der Waals surface area contributed by atoms with Crippen LogP contribution < -0.4 is 5.32 Å². The number of benzene rings is 4. The molecule has 3 heteroatoms. The van der Waals surface area contributed by atoms with Crippen LogP contribution in [0.2, 0.25) is 0 Å². The van der Waals surface area contributed by atoms with Crippen LogP contribution in [0.5, 0.6) is 0 Å². The Labute approximate surface area is 163 Å². The largest absolute Gasteiger partial charge is 0.371 e. The second-order valence-corrected chi connectivity index (χ2v) is 6.80. The summed E-state index contributed by atoms with van der Waals surface area (Å²) in [5.74, 6) is 0.789. The van der Waals surface area contributed by atoms with Gasteiger partial charge in [-0.2, -0.15) is 0 Å². The molecule has 0 aliphatic carbocycles. The fraction of sp³-hybridized carbons (Fsp3) is 0.0400. The maximum atomic E-state index is 4.83. The molecule has 1 aromatic heterocycles. The predicted molar refractivity (Wildman–Crippen MR) is 117 cm³/mol. The molecular weight excluding hydrogens is 342 g/mol. The smallest absolute Gasteiger partial charge is 0.153 e. The Kier molecular flexibility index (Phi) is 3.99. The fourth-order valence-electron chi connectivity index (χ4n) is 3.57. The maximum Gasteiger partial charge on any atom is 0.153 e. The van der Waals surface area contributed by atoms with E-state index in [9.17, 15) is 0 Å². The van der Waals surface area contributed by atoms with Gasteiger partial charge >= 0.3 is 0 Å². The molecule has 28 heavy (non-hydrogen) atoms. The fourth-order valence-corrected chi connectivity index (χ4v) is 3.57. The summed E-state index contributed by atoms with van der Waals surface area (Å²) < 4.78 is 0. The van der Waals surface area contributed by atoms with Crippen molar-refractivity contribution in [1.29, 1.82) is 0 Å². The number of hydrogen-bond acceptors (Lipinski definition) is 3. The van der Waals surface area contributed by atoms with Crippen molar-refractivity contribution in [1.82, 2.24) is 9.97 Å². The van der Waals surface area contributed by atoms with Gasteiger partial charge in [-0.15, -0.1) is 0 Å². The molecule has 0 saturated heterocycles. The van der Waals surface area contributed by atoms with E-state index in [0.29, 0.717) is 0 Å². The number of rotatable bonds is 3. The van der Waals surface area contributed by atoms with Gasteiger partial charge in [-0.25, -0.2) is 9.97 Å². The van der Waals surface area contributed by atoms with E-state index >= 15 is 0 Å². The third-order valence-corrected chi connectivity index (χ3v) is 5.05. The van der Waals surface area contributed by atoms with E-state index < -0.39 is 0 Å². The van der Waals surface area contributed by atoms with Gasteiger partial charge in [0.25, 0.3) is 0 Å². The van der Waals surface area contributed by atoms with Gasteiger partial charge in [0, 0.05) is 12.6 Å². The zero-order chi connectivity index (χ0) is 18.9. The minimum absolute atomic E-state index is 0.789. The van der Waals surface area contributed by atoms with E-state index in [-0.39, 0.29) is 0 Å². The molecule has 5 aromatic rings. The third kappa shape index (κ3) is 2.87. The van der Waals surface area contributed by atoms with Gasteiger partial charge in [0.05, 0.1) is 11.0 Å². The quantitative estimate of drug-likeness (QED) is 0.418. The standard InChI is InChI=1S/C25H19N3/c1-26-25-24(27-22-8-4-5-9-23(22)28-25)19-13-10-18(11-14-19)21-15-12-17-6-2-3-7-20(17)16-21/h2-16H,1H3,(H,26,28). The van der Waals surface area contributed by atoms with Crippen LogP contribution in [0.15, 0.2) is 91.0 Å². The van der Waals surface area contributed by atoms with Crippen molar-refractivity contribution < 1.29 is 0 Å². The van der Waals surface area contributed by atoms with E-state index in [1.807, 2.05) is 31.3 Å². The summed E-state index contributed by atoms with van der Waals surface area (Å²) in [6.07, 6.45) is 0. The van der Waals surface area contributed by atoms with Crippen LogP contribution in [0.4, 0.5) is 5.82 Å². The first-order chi connectivity index (χ1) is 13.8. The third-order valence-electron chi connectivity index (χ3n) is 5.05. The molecule has 3 nitrogen and oxygen atoms in total. The van der Waals surface area contributed by atoms with Crippen molar-refractivity contribution in [3.05, 3.63) is 91.0 Å². The summed E-state index contributed by atoms with van der Waals surface area (Å²) in [6.45, 7) is 0.